The van der Waals surface area contributed by atoms with Gasteiger partial charge in [-0.2, -0.15) is 0 Å². The van der Waals surface area contributed by atoms with E-state index in [0.29, 0.717) is 26.2 Å². The third-order valence-corrected chi connectivity index (χ3v) is 7.13. The smallest absolute Gasteiger partial charge is 0.337 e. The summed E-state index contributed by atoms with van der Waals surface area (Å²) in [5, 5.41) is 2.81. The maximum absolute atomic E-state index is 13.5. The van der Waals surface area contributed by atoms with Crippen LogP contribution in [-0.2, 0) is 17.8 Å². The van der Waals surface area contributed by atoms with E-state index in [-0.39, 0.29) is 12.2 Å². The van der Waals surface area contributed by atoms with Crippen LogP contribution in [0.15, 0.2) is 62.5 Å². The zero-order valence-electron chi connectivity index (χ0n) is 18.3. The highest BCUT2D eigenvalue weighted by Crippen LogP contribution is 2.26. The molecule has 0 aliphatic rings. The molecular formula is C23H22N4O4S2. The van der Waals surface area contributed by atoms with Gasteiger partial charge in [0.05, 0.1) is 12.8 Å². The molecule has 0 saturated carbocycles. The van der Waals surface area contributed by atoms with Crippen LogP contribution < -0.4 is 21.3 Å². The molecule has 0 atom stereocenters. The van der Waals surface area contributed by atoms with Gasteiger partial charge in [0.25, 0.3) is 5.56 Å². The molecule has 0 bridgehead atoms. The number of aromatic nitrogens is 3. The average Bonchev–Trinajstić information content (AvgIpc) is 3.27. The Bertz CT molecular complexity index is 1440. The van der Waals surface area contributed by atoms with Crippen molar-refractivity contribution >= 4 is 45.0 Å². The van der Waals surface area contributed by atoms with E-state index in [2.05, 4.69) is 17.2 Å². The maximum atomic E-state index is 13.5. The lowest BCUT2D eigenvalue weighted by atomic mass is 10.1. The molecule has 2 aromatic carbocycles. The molecule has 2 heterocycles. The van der Waals surface area contributed by atoms with Crippen LogP contribution in [-0.4, -0.2) is 33.4 Å². The van der Waals surface area contributed by atoms with E-state index in [4.69, 9.17) is 4.74 Å². The van der Waals surface area contributed by atoms with Gasteiger partial charge >= 0.3 is 5.69 Å². The standard InChI is InChI=1S/C23H22N4O4S2/c1-4-14-9-11-15(12-10-14)24-18(28)13-26-20-19(33-22(25-20)32-3)21(29)27(23(26)30)16-7-5-6-8-17(16)31-2/h5-12H,4,13H2,1-3H3,(H,24,28). The van der Waals surface area contributed by atoms with Crippen molar-refractivity contribution in [2.24, 2.45) is 0 Å². The summed E-state index contributed by atoms with van der Waals surface area (Å²) in [6.45, 7) is 1.76. The average molecular weight is 483 g/mol. The number of benzene rings is 2. The van der Waals surface area contributed by atoms with E-state index in [1.54, 1.807) is 24.3 Å². The fraction of sp³-hybridized carbons (Fsp3) is 0.217. The molecule has 0 fully saturated rings. The van der Waals surface area contributed by atoms with Crippen molar-refractivity contribution in [1.29, 1.82) is 0 Å². The molecule has 0 aliphatic heterocycles. The number of carbonyl (C=O) groups excluding carboxylic acids is 1. The molecule has 0 unspecified atom stereocenters. The van der Waals surface area contributed by atoms with Gasteiger partial charge in [0.2, 0.25) is 5.91 Å². The van der Waals surface area contributed by atoms with Gasteiger partial charge in [-0.05, 0) is 42.5 Å². The first-order valence-electron chi connectivity index (χ1n) is 10.2. The number of thioether (sulfide) groups is 1. The lowest BCUT2D eigenvalue weighted by molar-refractivity contribution is -0.116. The number of hydrogen-bond donors (Lipinski definition) is 1. The molecule has 170 valence electrons. The Kier molecular flexibility index (Phi) is 6.66. The zero-order chi connectivity index (χ0) is 23.5. The van der Waals surface area contributed by atoms with E-state index in [1.165, 1.54) is 34.8 Å². The Hall–Kier alpha value is -3.37. The van der Waals surface area contributed by atoms with Crippen LogP contribution in [0.25, 0.3) is 16.0 Å². The predicted octanol–water partition coefficient (Wildman–Crippen LogP) is 3.54. The number of methoxy groups -OCH3 is 1. The Morgan fingerprint density at radius 2 is 1.88 bits per heavy atom. The lowest BCUT2D eigenvalue weighted by Gasteiger charge is -2.13. The van der Waals surface area contributed by atoms with Crippen molar-refractivity contribution in [3.63, 3.8) is 0 Å². The second kappa shape index (κ2) is 9.63. The number of rotatable bonds is 7. The first kappa shape index (κ1) is 22.8. The van der Waals surface area contributed by atoms with Gasteiger partial charge in [-0.3, -0.25) is 14.2 Å². The molecule has 33 heavy (non-hydrogen) atoms. The molecule has 0 saturated heterocycles. The van der Waals surface area contributed by atoms with Gasteiger partial charge in [-0.1, -0.05) is 43.0 Å². The van der Waals surface area contributed by atoms with Crippen molar-refractivity contribution in [2.75, 3.05) is 18.7 Å². The zero-order valence-corrected chi connectivity index (χ0v) is 20.0. The Morgan fingerprint density at radius 1 is 1.15 bits per heavy atom. The SMILES string of the molecule is CCc1ccc(NC(=O)Cn2c(=O)n(-c3ccccc3OC)c(=O)c3sc(SC)nc32)cc1. The van der Waals surface area contributed by atoms with Crippen LogP contribution in [0.1, 0.15) is 12.5 Å². The van der Waals surface area contributed by atoms with Gasteiger partial charge in [0.1, 0.15) is 17.0 Å². The maximum Gasteiger partial charge on any atom is 0.337 e. The number of thiazole rings is 1. The number of para-hydroxylation sites is 2. The van der Waals surface area contributed by atoms with Gasteiger partial charge in [-0.15, -0.1) is 11.3 Å². The Morgan fingerprint density at radius 3 is 2.55 bits per heavy atom. The van der Waals surface area contributed by atoms with Gasteiger partial charge in [-0.25, -0.2) is 14.3 Å². The Balaban J connectivity index is 1.82. The van der Waals surface area contributed by atoms with Crippen molar-refractivity contribution < 1.29 is 9.53 Å². The summed E-state index contributed by atoms with van der Waals surface area (Å²) in [5.74, 6) is -0.0238. The monoisotopic (exact) mass is 482 g/mol. The third-order valence-electron chi connectivity index (χ3n) is 5.11. The third kappa shape index (κ3) is 4.44. The summed E-state index contributed by atoms with van der Waals surface area (Å²) in [4.78, 5) is 44.1. The quantitative estimate of drug-likeness (QED) is 0.405. The number of hydrogen-bond acceptors (Lipinski definition) is 7. The molecular weight excluding hydrogens is 460 g/mol. The summed E-state index contributed by atoms with van der Waals surface area (Å²) in [7, 11) is 1.47. The van der Waals surface area contributed by atoms with Crippen LogP contribution >= 0.6 is 23.1 Å². The van der Waals surface area contributed by atoms with Crippen LogP contribution in [0.5, 0.6) is 5.75 Å². The molecule has 0 aliphatic carbocycles. The number of nitrogens with zero attached hydrogens (tertiary/aromatic N) is 3. The largest absolute Gasteiger partial charge is 0.495 e. The highest BCUT2D eigenvalue weighted by Gasteiger charge is 2.22. The number of aryl methyl sites for hydroxylation is 1. The summed E-state index contributed by atoms with van der Waals surface area (Å²) in [6, 6.07) is 14.3. The van der Waals surface area contributed by atoms with Crippen LogP contribution in [0.2, 0.25) is 0 Å². The highest BCUT2D eigenvalue weighted by atomic mass is 32.2. The van der Waals surface area contributed by atoms with Crippen LogP contribution in [0.3, 0.4) is 0 Å². The number of fused-ring (bicyclic) bond motifs is 1. The molecule has 1 N–H and O–H groups in total. The molecule has 8 nitrogen and oxygen atoms in total. The fourth-order valence-corrected chi connectivity index (χ4v) is 4.93. The molecule has 2 aromatic heterocycles. The second-order valence-electron chi connectivity index (χ2n) is 7.12. The number of ether oxygens (including phenoxy) is 1. The van der Waals surface area contributed by atoms with E-state index in [9.17, 15) is 14.4 Å². The molecule has 4 rings (SSSR count). The Labute approximate surface area is 197 Å². The van der Waals surface area contributed by atoms with Crippen molar-refractivity contribution in [1.82, 2.24) is 14.1 Å². The minimum Gasteiger partial charge on any atom is -0.495 e. The van der Waals surface area contributed by atoms with Gasteiger partial charge < -0.3 is 10.1 Å². The number of anilines is 1. The highest BCUT2D eigenvalue weighted by molar-refractivity contribution is 8.00. The van der Waals surface area contributed by atoms with Crippen LogP contribution in [0.4, 0.5) is 5.69 Å². The summed E-state index contributed by atoms with van der Waals surface area (Å²) >= 11 is 2.56. The fourth-order valence-electron chi connectivity index (χ4n) is 3.44. The first-order valence-corrected chi connectivity index (χ1v) is 12.2. The predicted molar refractivity (Wildman–Crippen MR) is 132 cm³/mol. The number of nitrogens with one attached hydrogen (secondary N) is 1. The molecule has 10 heteroatoms. The minimum absolute atomic E-state index is 0.196. The summed E-state index contributed by atoms with van der Waals surface area (Å²) < 4.78 is 8.55. The molecule has 4 aromatic rings. The van der Waals surface area contributed by atoms with Crippen molar-refractivity contribution in [3.8, 4) is 11.4 Å². The topological polar surface area (TPSA) is 95.2 Å². The van der Waals surface area contributed by atoms with Gasteiger partial charge in [0, 0.05) is 5.69 Å². The molecule has 0 spiro atoms. The van der Waals surface area contributed by atoms with E-state index >= 15 is 0 Å². The lowest BCUT2D eigenvalue weighted by Crippen LogP contribution is -2.40. The van der Waals surface area contributed by atoms with Crippen molar-refractivity contribution in [3.05, 3.63) is 74.9 Å². The molecule has 0 radical (unpaired) electrons. The van der Waals surface area contributed by atoms with Crippen LogP contribution in [0, 0.1) is 0 Å². The molecule has 1 amide bonds. The summed E-state index contributed by atoms with van der Waals surface area (Å²) in [5.41, 5.74) is 1.13. The number of amides is 1. The normalized spacial score (nSPS) is 11.0. The van der Waals surface area contributed by atoms with Gasteiger partial charge in [0.15, 0.2) is 9.99 Å². The number of carbonyl (C=O) groups is 1. The first-order chi connectivity index (χ1) is 16.0. The van der Waals surface area contributed by atoms with E-state index < -0.39 is 17.2 Å². The summed E-state index contributed by atoms with van der Waals surface area (Å²) in [6.07, 6.45) is 2.74. The van der Waals surface area contributed by atoms with Crippen molar-refractivity contribution in [2.45, 2.75) is 24.2 Å². The minimum atomic E-state index is -0.661. The van der Waals surface area contributed by atoms with E-state index in [1.807, 2.05) is 30.5 Å². The van der Waals surface area contributed by atoms with E-state index in [0.717, 1.165) is 16.6 Å². The second-order valence-corrected chi connectivity index (χ2v) is 9.17.